The lowest BCUT2D eigenvalue weighted by Crippen LogP contribution is -2.38. The molecule has 8 nitrogen and oxygen atoms in total. The average Bonchev–Trinajstić information content (AvgIpc) is 2.46. The van der Waals surface area contributed by atoms with E-state index in [9.17, 15) is 19.2 Å². The van der Waals surface area contributed by atoms with Crippen LogP contribution in [-0.2, 0) is 16.0 Å². The Balaban J connectivity index is 2.81. The number of alkyl halides is 1. The van der Waals surface area contributed by atoms with Gasteiger partial charge >= 0.3 is 11.9 Å². The van der Waals surface area contributed by atoms with Gasteiger partial charge in [-0.3, -0.25) is 9.59 Å². The minimum atomic E-state index is -1.33. The molecular weight excluding hydrogens is 299 g/mol. The fourth-order valence-electron chi connectivity index (χ4n) is 1.82. The van der Waals surface area contributed by atoms with Crippen LogP contribution in [0.4, 0.5) is 4.39 Å². The van der Waals surface area contributed by atoms with Gasteiger partial charge in [-0.05, 0) is 12.5 Å². The van der Waals surface area contributed by atoms with Crippen molar-refractivity contribution in [3.05, 3.63) is 29.2 Å². The van der Waals surface area contributed by atoms with E-state index in [0.29, 0.717) is 4.73 Å². The van der Waals surface area contributed by atoms with Gasteiger partial charge in [-0.1, -0.05) is 0 Å². The quantitative estimate of drug-likeness (QED) is 0.420. The molecule has 2 atom stereocenters. The number of hydrogen-bond acceptors (Lipinski definition) is 5. The van der Waals surface area contributed by atoms with Crippen LogP contribution < -0.4 is 15.2 Å². The van der Waals surface area contributed by atoms with Gasteiger partial charge in [0.1, 0.15) is 19.3 Å². The summed E-state index contributed by atoms with van der Waals surface area (Å²) in [4.78, 5) is 21.8. The predicted octanol–water partition coefficient (Wildman–Crippen LogP) is -0.286. The van der Waals surface area contributed by atoms with E-state index in [2.05, 4.69) is 0 Å². The maximum absolute atomic E-state index is 12.0. The molecule has 122 valence electrons. The first kappa shape index (κ1) is 17.6. The highest BCUT2D eigenvalue weighted by Crippen LogP contribution is 2.15. The third-order valence-corrected chi connectivity index (χ3v) is 2.97. The van der Waals surface area contributed by atoms with Crippen molar-refractivity contribution in [1.29, 1.82) is 0 Å². The predicted molar refractivity (Wildman–Crippen MR) is 71.9 cm³/mol. The van der Waals surface area contributed by atoms with Gasteiger partial charge in [0.15, 0.2) is 11.4 Å². The van der Waals surface area contributed by atoms with E-state index in [1.165, 1.54) is 12.1 Å². The Morgan fingerprint density at radius 3 is 2.55 bits per heavy atom. The van der Waals surface area contributed by atoms with Crippen molar-refractivity contribution in [2.75, 3.05) is 13.3 Å². The van der Waals surface area contributed by atoms with Crippen LogP contribution in [0.25, 0.3) is 0 Å². The van der Waals surface area contributed by atoms with Crippen LogP contribution >= 0.6 is 0 Å². The SMILES string of the molecule is NC(CC(Cc1ccc(OCCF)c[n+]1[O-])C(=O)O)C(=O)O. The lowest BCUT2D eigenvalue weighted by atomic mass is 9.95. The molecule has 1 heterocycles. The first-order valence-corrected chi connectivity index (χ1v) is 6.47. The summed E-state index contributed by atoms with van der Waals surface area (Å²) in [6, 6.07) is 1.44. The molecule has 0 aliphatic heterocycles. The maximum Gasteiger partial charge on any atom is 0.320 e. The van der Waals surface area contributed by atoms with E-state index in [1.807, 2.05) is 0 Å². The van der Waals surface area contributed by atoms with Crippen molar-refractivity contribution in [3.8, 4) is 5.75 Å². The Labute approximate surface area is 125 Å². The van der Waals surface area contributed by atoms with Gasteiger partial charge in [0.25, 0.3) is 0 Å². The molecule has 0 saturated carbocycles. The first-order chi connectivity index (χ1) is 10.3. The number of carboxylic acids is 2. The van der Waals surface area contributed by atoms with Crippen molar-refractivity contribution in [1.82, 2.24) is 0 Å². The summed E-state index contributed by atoms with van der Waals surface area (Å²) >= 11 is 0. The van der Waals surface area contributed by atoms with E-state index >= 15 is 0 Å². The normalized spacial score (nSPS) is 13.4. The molecule has 1 aromatic rings. The fourth-order valence-corrected chi connectivity index (χ4v) is 1.82. The van der Waals surface area contributed by atoms with E-state index in [4.69, 9.17) is 20.7 Å². The number of nitrogens with zero attached hydrogens (tertiary/aromatic N) is 1. The minimum absolute atomic E-state index is 0.123. The highest BCUT2D eigenvalue weighted by atomic mass is 19.1. The molecule has 0 spiro atoms. The molecule has 22 heavy (non-hydrogen) atoms. The van der Waals surface area contributed by atoms with Gasteiger partial charge in [0.05, 0.1) is 5.92 Å². The van der Waals surface area contributed by atoms with Crippen LogP contribution in [-0.4, -0.2) is 41.5 Å². The van der Waals surface area contributed by atoms with Crippen LogP contribution in [0.3, 0.4) is 0 Å². The molecule has 0 aliphatic rings. The fraction of sp³-hybridized carbons (Fsp3) is 0.462. The van der Waals surface area contributed by atoms with Crippen LogP contribution in [0, 0.1) is 11.1 Å². The van der Waals surface area contributed by atoms with Crippen LogP contribution in [0.2, 0.25) is 0 Å². The average molecular weight is 316 g/mol. The maximum atomic E-state index is 12.0. The lowest BCUT2D eigenvalue weighted by molar-refractivity contribution is -0.614. The van der Waals surface area contributed by atoms with Gasteiger partial charge < -0.3 is 25.9 Å². The number of carboxylic acid groups (broad SMARTS) is 2. The Hall–Kier alpha value is -2.42. The van der Waals surface area contributed by atoms with E-state index in [-0.39, 0.29) is 30.9 Å². The highest BCUT2D eigenvalue weighted by molar-refractivity contribution is 5.75. The zero-order chi connectivity index (χ0) is 16.7. The Kier molecular flexibility index (Phi) is 6.51. The smallest absolute Gasteiger partial charge is 0.320 e. The summed E-state index contributed by atoms with van der Waals surface area (Å²) in [5.74, 6) is -3.50. The Morgan fingerprint density at radius 2 is 2.05 bits per heavy atom. The molecule has 9 heteroatoms. The number of nitrogens with two attached hydrogens (primary N) is 1. The zero-order valence-electron chi connectivity index (χ0n) is 11.6. The molecule has 0 amide bonds. The molecule has 2 unspecified atom stereocenters. The molecule has 0 aromatic carbocycles. The number of rotatable bonds is 9. The van der Waals surface area contributed by atoms with Crippen molar-refractivity contribution >= 4 is 11.9 Å². The second-order valence-corrected chi connectivity index (χ2v) is 4.64. The van der Waals surface area contributed by atoms with Crippen molar-refractivity contribution in [3.63, 3.8) is 0 Å². The second-order valence-electron chi connectivity index (χ2n) is 4.64. The minimum Gasteiger partial charge on any atom is -0.618 e. The summed E-state index contributed by atoms with van der Waals surface area (Å²) in [5.41, 5.74) is 5.45. The lowest BCUT2D eigenvalue weighted by Gasteiger charge is -2.15. The molecule has 0 saturated heterocycles. The summed E-state index contributed by atoms with van der Waals surface area (Å²) in [6.45, 7) is -0.890. The highest BCUT2D eigenvalue weighted by Gasteiger charge is 2.27. The largest absolute Gasteiger partial charge is 0.618 e. The topological polar surface area (TPSA) is 137 Å². The van der Waals surface area contributed by atoms with Crippen molar-refractivity contribution in [2.24, 2.45) is 11.7 Å². The van der Waals surface area contributed by atoms with Gasteiger partial charge in [0.2, 0.25) is 6.20 Å². The third-order valence-electron chi connectivity index (χ3n) is 2.97. The number of ether oxygens (including phenoxy) is 1. The van der Waals surface area contributed by atoms with Crippen molar-refractivity contribution in [2.45, 2.75) is 18.9 Å². The number of aliphatic carboxylic acids is 2. The number of pyridine rings is 1. The third kappa shape index (κ3) is 5.17. The Bertz CT molecular complexity index is 539. The summed E-state index contributed by atoms with van der Waals surface area (Å²) in [6.07, 6.45) is 0.578. The van der Waals surface area contributed by atoms with Crippen LogP contribution in [0.1, 0.15) is 12.1 Å². The summed E-state index contributed by atoms with van der Waals surface area (Å²) in [7, 11) is 0. The molecular formula is C13H17FN2O6. The number of halogens is 1. The van der Waals surface area contributed by atoms with Gasteiger partial charge in [-0.15, -0.1) is 0 Å². The molecule has 0 radical (unpaired) electrons. The van der Waals surface area contributed by atoms with Gasteiger partial charge in [-0.2, -0.15) is 4.73 Å². The molecule has 4 N–H and O–H groups in total. The first-order valence-electron chi connectivity index (χ1n) is 6.47. The van der Waals surface area contributed by atoms with Gasteiger partial charge in [-0.25, -0.2) is 4.39 Å². The number of hydrogen-bond donors (Lipinski definition) is 3. The summed E-state index contributed by atoms with van der Waals surface area (Å²) in [5, 5.41) is 29.6. The number of aromatic nitrogens is 1. The van der Waals surface area contributed by atoms with Crippen LogP contribution in [0.15, 0.2) is 18.3 Å². The Morgan fingerprint density at radius 1 is 1.36 bits per heavy atom. The molecule has 0 bridgehead atoms. The second kappa shape index (κ2) is 8.13. The zero-order valence-corrected chi connectivity index (χ0v) is 11.6. The summed E-state index contributed by atoms with van der Waals surface area (Å²) < 4.78 is 17.3. The van der Waals surface area contributed by atoms with E-state index in [1.54, 1.807) is 0 Å². The van der Waals surface area contributed by atoms with Crippen molar-refractivity contribution < 1.29 is 33.7 Å². The van der Waals surface area contributed by atoms with Gasteiger partial charge in [0, 0.05) is 12.5 Å². The molecule has 0 aliphatic carbocycles. The van der Waals surface area contributed by atoms with E-state index in [0.717, 1.165) is 6.20 Å². The standard InChI is InChI=1S/C13H17FN2O6/c14-3-4-22-10-2-1-9(16(21)7-10)5-8(12(17)18)6-11(15)13(19)20/h1-2,7-8,11H,3-6,15H2,(H,17,18)(H,19,20). The van der Waals surface area contributed by atoms with E-state index < -0.39 is 30.6 Å². The van der Waals surface area contributed by atoms with Crippen LogP contribution in [0.5, 0.6) is 5.75 Å². The molecule has 1 rings (SSSR count). The number of carbonyl (C=O) groups is 2. The monoisotopic (exact) mass is 316 g/mol. The molecule has 1 aromatic heterocycles. The molecule has 0 fully saturated rings.